The summed E-state index contributed by atoms with van der Waals surface area (Å²) in [4.78, 5) is 2.62. The molecule has 0 radical (unpaired) electrons. The molecular weight excluding hydrogens is 369 g/mol. The predicted molar refractivity (Wildman–Crippen MR) is 110 cm³/mol. The Balaban J connectivity index is 1.24. The molecular formula is C23H26FN3O2. The molecule has 0 amide bonds. The van der Waals surface area contributed by atoms with E-state index in [-0.39, 0.29) is 5.82 Å². The van der Waals surface area contributed by atoms with Crippen molar-refractivity contribution >= 4 is 10.9 Å². The number of H-pyrrole nitrogens is 1. The van der Waals surface area contributed by atoms with Gasteiger partial charge in [0.1, 0.15) is 12.4 Å². The summed E-state index contributed by atoms with van der Waals surface area (Å²) >= 11 is 0. The van der Waals surface area contributed by atoms with E-state index in [2.05, 4.69) is 15.1 Å². The quantitative estimate of drug-likeness (QED) is 0.668. The maximum atomic E-state index is 13.5. The Bertz CT molecular complexity index is 991. The molecule has 5 nitrogen and oxygen atoms in total. The number of piperidine rings is 1. The number of aromatic amines is 1. The number of hydrogen-bond donors (Lipinski definition) is 1. The van der Waals surface area contributed by atoms with Crippen LogP contribution in [0.25, 0.3) is 10.9 Å². The summed E-state index contributed by atoms with van der Waals surface area (Å²) in [6.07, 6.45) is 4.69. The molecule has 2 unspecified atom stereocenters. The summed E-state index contributed by atoms with van der Waals surface area (Å²) in [5, 5.41) is 8.59. The molecule has 2 aliphatic heterocycles. The van der Waals surface area contributed by atoms with Gasteiger partial charge in [-0.15, -0.1) is 0 Å². The number of hydrogen-bond acceptors (Lipinski definition) is 4. The fourth-order valence-electron chi connectivity index (χ4n) is 5.19. The first kappa shape index (κ1) is 18.4. The van der Waals surface area contributed by atoms with Gasteiger partial charge in [0.25, 0.3) is 0 Å². The van der Waals surface area contributed by atoms with Crippen LogP contribution in [0.15, 0.2) is 42.5 Å². The van der Waals surface area contributed by atoms with Gasteiger partial charge in [-0.2, -0.15) is 5.10 Å². The lowest BCUT2D eigenvalue weighted by Crippen LogP contribution is -2.44. The van der Waals surface area contributed by atoms with Gasteiger partial charge in [-0.05, 0) is 49.9 Å². The number of nitrogens with one attached hydrogen (secondary N) is 1. The Kier molecular flexibility index (Phi) is 4.87. The molecule has 5 rings (SSSR count). The van der Waals surface area contributed by atoms with Gasteiger partial charge < -0.3 is 9.47 Å². The average molecular weight is 395 g/mol. The fraction of sp³-hybridized carbons (Fsp3) is 0.435. The third-order valence-electron chi connectivity index (χ3n) is 6.52. The van der Waals surface area contributed by atoms with E-state index in [1.807, 2.05) is 30.3 Å². The van der Waals surface area contributed by atoms with Gasteiger partial charge in [-0.1, -0.05) is 12.1 Å². The van der Waals surface area contributed by atoms with Crippen LogP contribution in [-0.2, 0) is 0 Å². The molecule has 152 valence electrons. The Morgan fingerprint density at radius 3 is 2.62 bits per heavy atom. The third kappa shape index (κ3) is 3.46. The zero-order chi connectivity index (χ0) is 19.8. The van der Waals surface area contributed by atoms with Gasteiger partial charge in [-0.25, -0.2) is 4.39 Å². The zero-order valence-corrected chi connectivity index (χ0v) is 16.6. The third-order valence-corrected chi connectivity index (χ3v) is 6.52. The molecule has 2 bridgehead atoms. The molecule has 6 heteroatoms. The standard InChI is InChI=1S/C23H26FN3O2/c1-28-21-4-2-3-5-22(21)29-11-10-27-17-7-8-18(27)13-15(12-17)23-19-9-6-16(24)14-20(19)25-26-23/h2-6,9,14-15,17-18H,7-8,10-13H2,1H3,(H,25,26). The number of nitrogens with zero attached hydrogens (tertiary/aromatic N) is 2. The summed E-state index contributed by atoms with van der Waals surface area (Å²) < 4.78 is 24.9. The molecule has 3 heterocycles. The molecule has 29 heavy (non-hydrogen) atoms. The highest BCUT2D eigenvalue weighted by molar-refractivity contribution is 5.81. The minimum Gasteiger partial charge on any atom is -0.493 e. The highest BCUT2D eigenvalue weighted by Gasteiger charge is 2.41. The molecule has 3 aromatic rings. The van der Waals surface area contributed by atoms with E-state index < -0.39 is 0 Å². The van der Waals surface area contributed by atoms with Crippen LogP contribution in [0.3, 0.4) is 0 Å². The first-order valence-corrected chi connectivity index (χ1v) is 10.4. The molecule has 1 aromatic heterocycles. The van der Waals surface area contributed by atoms with E-state index in [1.165, 1.54) is 30.7 Å². The van der Waals surface area contributed by atoms with Crippen molar-refractivity contribution in [3.8, 4) is 11.5 Å². The molecule has 2 saturated heterocycles. The second kappa shape index (κ2) is 7.67. The maximum absolute atomic E-state index is 13.5. The lowest BCUT2D eigenvalue weighted by molar-refractivity contribution is 0.104. The first-order chi connectivity index (χ1) is 14.2. The zero-order valence-electron chi connectivity index (χ0n) is 16.6. The van der Waals surface area contributed by atoms with E-state index in [1.54, 1.807) is 7.11 Å². The van der Waals surface area contributed by atoms with Crippen LogP contribution in [0.1, 0.15) is 37.3 Å². The molecule has 2 atom stereocenters. The summed E-state index contributed by atoms with van der Waals surface area (Å²) in [6.45, 7) is 1.58. The number of methoxy groups -OCH3 is 1. The topological polar surface area (TPSA) is 50.4 Å². The van der Waals surface area contributed by atoms with Crippen molar-refractivity contribution in [2.45, 2.75) is 43.7 Å². The summed E-state index contributed by atoms with van der Waals surface area (Å²) in [5.41, 5.74) is 1.89. The van der Waals surface area contributed by atoms with Crippen LogP contribution < -0.4 is 9.47 Å². The smallest absolute Gasteiger partial charge is 0.161 e. The van der Waals surface area contributed by atoms with Crippen molar-refractivity contribution in [1.82, 2.24) is 15.1 Å². The van der Waals surface area contributed by atoms with Gasteiger partial charge in [0.05, 0.1) is 12.6 Å². The molecule has 2 aromatic carbocycles. The summed E-state index contributed by atoms with van der Waals surface area (Å²) in [6, 6.07) is 13.8. The molecule has 1 N–H and O–H groups in total. The Labute approximate surface area is 169 Å². The summed E-state index contributed by atoms with van der Waals surface area (Å²) in [7, 11) is 1.67. The van der Waals surface area contributed by atoms with Gasteiger partial charge in [0.2, 0.25) is 0 Å². The van der Waals surface area contributed by atoms with E-state index >= 15 is 0 Å². The highest BCUT2D eigenvalue weighted by atomic mass is 19.1. The number of fused-ring (bicyclic) bond motifs is 3. The summed E-state index contributed by atoms with van der Waals surface area (Å²) in [5.74, 6) is 1.79. The van der Waals surface area contributed by atoms with Gasteiger partial charge >= 0.3 is 0 Å². The first-order valence-electron chi connectivity index (χ1n) is 10.4. The number of para-hydroxylation sites is 2. The largest absolute Gasteiger partial charge is 0.493 e. The second-order valence-electron chi connectivity index (χ2n) is 8.09. The Morgan fingerprint density at radius 1 is 1.10 bits per heavy atom. The van der Waals surface area contributed by atoms with E-state index in [0.29, 0.717) is 24.6 Å². The van der Waals surface area contributed by atoms with Crippen LogP contribution in [0.2, 0.25) is 0 Å². The van der Waals surface area contributed by atoms with Crippen LogP contribution in [-0.4, -0.2) is 47.4 Å². The van der Waals surface area contributed by atoms with E-state index in [9.17, 15) is 4.39 Å². The lowest BCUT2D eigenvalue weighted by atomic mass is 9.87. The average Bonchev–Trinajstić information content (AvgIpc) is 3.25. The molecule has 0 aliphatic carbocycles. The van der Waals surface area contributed by atoms with Crippen LogP contribution in [0, 0.1) is 5.82 Å². The number of rotatable bonds is 6. The molecule has 2 fully saturated rings. The predicted octanol–water partition coefficient (Wildman–Crippen LogP) is 4.50. The van der Waals surface area contributed by atoms with Gasteiger partial charge in [0.15, 0.2) is 11.5 Å². The van der Waals surface area contributed by atoms with Crippen molar-refractivity contribution in [3.63, 3.8) is 0 Å². The van der Waals surface area contributed by atoms with E-state index in [4.69, 9.17) is 9.47 Å². The molecule has 2 aliphatic rings. The Morgan fingerprint density at radius 2 is 1.86 bits per heavy atom. The SMILES string of the molecule is COc1ccccc1OCCN1C2CCC1CC(c1[nH]nc3cc(F)ccc13)C2. The molecule has 0 saturated carbocycles. The van der Waals surface area contributed by atoms with Crippen molar-refractivity contribution in [2.24, 2.45) is 0 Å². The van der Waals surface area contributed by atoms with Crippen molar-refractivity contribution in [3.05, 3.63) is 54.0 Å². The Hall–Kier alpha value is -2.60. The van der Waals surface area contributed by atoms with Crippen molar-refractivity contribution in [1.29, 1.82) is 0 Å². The van der Waals surface area contributed by atoms with Crippen LogP contribution in [0.4, 0.5) is 4.39 Å². The van der Waals surface area contributed by atoms with Crippen LogP contribution in [0.5, 0.6) is 11.5 Å². The van der Waals surface area contributed by atoms with Crippen molar-refractivity contribution in [2.75, 3.05) is 20.3 Å². The maximum Gasteiger partial charge on any atom is 0.161 e. The van der Waals surface area contributed by atoms with E-state index in [0.717, 1.165) is 41.8 Å². The number of ether oxygens (including phenoxy) is 2. The number of aromatic nitrogens is 2. The lowest BCUT2D eigenvalue weighted by Gasteiger charge is -2.38. The second-order valence-corrected chi connectivity index (χ2v) is 8.09. The minimum absolute atomic E-state index is 0.236. The van der Waals surface area contributed by atoms with Crippen molar-refractivity contribution < 1.29 is 13.9 Å². The van der Waals surface area contributed by atoms with Crippen LogP contribution >= 0.6 is 0 Å². The van der Waals surface area contributed by atoms with Gasteiger partial charge in [0, 0.05) is 41.7 Å². The monoisotopic (exact) mass is 395 g/mol. The normalized spacial score (nSPS) is 24.1. The molecule has 0 spiro atoms. The fourth-order valence-corrected chi connectivity index (χ4v) is 5.19. The highest BCUT2D eigenvalue weighted by Crippen LogP contribution is 2.43. The minimum atomic E-state index is -0.236. The number of benzene rings is 2. The number of halogens is 1. The van der Waals surface area contributed by atoms with Gasteiger partial charge in [-0.3, -0.25) is 10.00 Å².